The lowest BCUT2D eigenvalue weighted by Gasteiger charge is -2.24. The van der Waals surface area contributed by atoms with Gasteiger partial charge in [-0.3, -0.25) is 4.68 Å². The van der Waals surface area contributed by atoms with Crippen LogP contribution in [0.15, 0.2) is 10.7 Å². The second kappa shape index (κ2) is 6.40. The zero-order valence-electron chi connectivity index (χ0n) is 12.5. The molecule has 1 saturated carbocycles. The van der Waals surface area contributed by atoms with Crippen molar-refractivity contribution >= 4 is 15.9 Å². The minimum absolute atomic E-state index is 0.427. The molecule has 1 N–H and O–H groups in total. The quantitative estimate of drug-likeness (QED) is 0.881. The van der Waals surface area contributed by atoms with E-state index in [1.165, 1.54) is 29.4 Å². The molecular weight excluding hydrogens is 302 g/mol. The van der Waals surface area contributed by atoms with Crippen molar-refractivity contribution in [2.75, 3.05) is 6.54 Å². The minimum atomic E-state index is 0.427. The molecule has 3 unspecified atom stereocenters. The fraction of sp³-hybridized carbons (Fsp3) is 0.800. The maximum absolute atomic E-state index is 4.53. The Balaban J connectivity index is 2.17. The summed E-state index contributed by atoms with van der Waals surface area (Å²) < 4.78 is 3.36. The zero-order chi connectivity index (χ0) is 14.0. The summed E-state index contributed by atoms with van der Waals surface area (Å²) in [5, 5.41) is 8.23. The van der Waals surface area contributed by atoms with Crippen molar-refractivity contribution in [3.63, 3.8) is 0 Å². The predicted octanol–water partition coefficient (Wildman–Crippen LogP) is 4.11. The van der Waals surface area contributed by atoms with E-state index in [9.17, 15) is 0 Å². The highest BCUT2D eigenvalue weighted by atomic mass is 79.9. The lowest BCUT2D eigenvalue weighted by atomic mass is 9.92. The molecule has 1 aromatic rings. The molecule has 0 aromatic carbocycles. The fourth-order valence-electron chi connectivity index (χ4n) is 3.28. The molecule has 1 aliphatic rings. The Bertz CT molecular complexity index is 414. The molecule has 4 heteroatoms. The monoisotopic (exact) mass is 327 g/mol. The van der Waals surface area contributed by atoms with Crippen LogP contribution in [-0.4, -0.2) is 22.4 Å². The smallest absolute Gasteiger partial charge is 0.0635 e. The number of hydrogen-bond donors (Lipinski definition) is 1. The van der Waals surface area contributed by atoms with E-state index in [1.807, 2.05) is 6.20 Å². The molecule has 2 rings (SSSR count). The summed E-state index contributed by atoms with van der Waals surface area (Å²) in [6, 6.07) is 1.09. The molecule has 1 heterocycles. The molecule has 0 amide bonds. The SMILES string of the molecule is CCCNC1CCC(c2c(Br)cnn2C(C)C)C1C. The maximum atomic E-state index is 4.53. The first-order chi connectivity index (χ1) is 9.06. The van der Waals surface area contributed by atoms with Crippen LogP contribution in [-0.2, 0) is 0 Å². The van der Waals surface area contributed by atoms with Gasteiger partial charge < -0.3 is 5.32 Å². The van der Waals surface area contributed by atoms with Crippen molar-refractivity contribution < 1.29 is 0 Å². The number of aromatic nitrogens is 2. The van der Waals surface area contributed by atoms with Crippen LogP contribution in [0.25, 0.3) is 0 Å². The summed E-state index contributed by atoms with van der Waals surface area (Å²) in [5.41, 5.74) is 1.39. The molecule has 0 radical (unpaired) electrons. The molecule has 19 heavy (non-hydrogen) atoms. The van der Waals surface area contributed by atoms with Gasteiger partial charge in [0.25, 0.3) is 0 Å². The normalized spacial score (nSPS) is 27.4. The van der Waals surface area contributed by atoms with Crippen LogP contribution in [0.1, 0.15) is 64.6 Å². The van der Waals surface area contributed by atoms with Gasteiger partial charge in [-0.1, -0.05) is 13.8 Å². The Morgan fingerprint density at radius 3 is 2.84 bits per heavy atom. The highest BCUT2D eigenvalue weighted by molar-refractivity contribution is 9.10. The summed E-state index contributed by atoms with van der Waals surface area (Å²) in [7, 11) is 0. The van der Waals surface area contributed by atoms with Gasteiger partial charge >= 0.3 is 0 Å². The van der Waals surface area contributed by atoms with Crippen LogP contribution in [0.5, 0.6) is 0 Å². The number of nitrogens with zero attached hydrogens (tertiary/aromatic N) is 2. The summed E-state index contributed by atoms with van der Waals surface area (Å²) >= 11 is 3.69. The summed E-state index contributed by atoms with van der Waals surface area (Å²) in [4.78, 5) is 0. The molecule has 3 atom stereocenters. The molecular formula is C15H26BrN3. The van der Waals surface area contributed by atoms with Crippen molar-refractivity contribution in [3.8, 4) is 0 Å². The molecule has 1 aliphatic carbocycles. The Hall–Kier alpha value is -0.350. The number of nitrogens with one attached hydrogen (secondary N) is 1. The summed E-state index contributed by atoms with van der Waals surface area (Å²) in [6.45, 7) is 10.2. The van der Waals surface area contributed by atoms with Gasteiger partial charge in [0, 0.05) is 18.0 Å². The van der Waals surface area contributed by atoms with Crippen molar-refractivity contribution in [1.29, 1.82) is 0 Å². The van der Waals surface area contributed by atoms with E-state index in [1.54, 1.807) is 0 Å². The fourth-order valence-corrected chi connectivity index (χ4v) is 3.85. The van der Waals surface area contributed by atoms with Gasteiger partial charge in [-0.25, -0.2) is 0 Å². The van der Waals surface area contributed by atoms with Gasteiger partial charge in [0.05, 0.1) is 16.4 Å². The molecule has 0 bridgehead atoms. The van der Waals surface area contributed by atoms with Crippen LogP contribution < -0.4 is 5.32 Å². The highest BCUT2D eigenvalue weighted by Crippen LogP contribution is 2.42. The lowest BCUT2D eigenvalue weighted by Crippen LogP contribution is -2.33. The zero-order valence-corrected chi connectivity index (χ0v) is 14.1. The van der Waals surface area contributed by atoms with Gasteiger partial charge in [-0.15, -0.1) is 0 Å². The van der Waals surface area contributed by atoms with Crippen molar-refractivity contribution in [2.45, 2.75) is 65.0 Å². The molecule has 108 valence electrons. The largest absolute Gasteiger partial charge is 0.314 e. The van der Waals surface area contributed by atoms with Gasteiger partial charge in [-0.05, 0) is 61.5 Å². The third-order valence-corrected chi connectivity index (χ3v) is 4.95. The Morgan fingerprint density at radius 2 is 2.21 bits per heavy atom. The van der Waals surface area contributed by atoms with E-state index >= 15 is 0 Å². The molecule has 0 aliphatic heterocycles. The topological polar surface area (TPSA) is 29.9 Å². The molecule has 0 saturated heterocycles. The minimum Gasteiger partial charge on any atom is -0.314 e. The Morgan fingerprint density at radius 1 is 1.47 bits per heavy atom. The second-order valence-electron chi connectivity index (χ2n) is 6.02. The van der Waals surface area contributed by atoms with Crippen LogP contribution in [0.3, 0.4) is 0 Å². The number of hydrogen-bond acceptors (Lipinski definition) is 2. The van der Waals surface area contributed by atoms with E-state index in [-0.39, 0.29) is 0 Å². The average molecular weight is 328 g/mol. The van der Waals surface area contributed by atoms with Gasteiger partial charge in [0.15, 0.2) is 0 Å². The van der Waals surface area contributed by atoms with E-state index in [2.05, 4.69) is 58.7 Å². The van der Waals surface area contributed by atoms with E-state index < -0.39 is 0 Å². The Labute approximate surface area is 125 Å². The highest BCUT2D eigenvalue weighted by Gasteiger charge is 2.36. The predicted molar refractivity (Wildman–Crippen MR) is 83.5 cm³/mol. The number of rotatable bonds is 5. The van der Waals surface area contributed by atoms with Crippen molar-refractivity contribution in [1.82, 2.24) is 15.1 Å². The standard InChI is InChI=1S/C15H26BrN3/c1-5-8-17-14-7-6-12(11(14)4)15-13(16)9-18-19(15)10(2)3/h9-12,14,17H,5-8H2,1-4H3. The van der Waals surface area contributed by atoms with Crippen LogP contribution in [0, 0.1) is 5.92 Å². The molecule has 3 nitrogen and oxygen atoms in total. The molecule has 1 aromatic heterocycles. The first-order valence-corrected chi connectivity index (χ1v) is 8.31. The Kier molecular flexibility index (Phi) is 5.07. The van der Waals surface area contributed by atoms with Gasteiger partial charge in [0.1, 0.15) is 0 Å². The summed E-state index contributed by atoms with van der Waals surface area (Å²) in [5.74, 6) is 1.30. The molecule has 0 spiro atoms. The van der Waals surface area contributed by atoms with E-state index in [4.69, 9.17) is 0 Å². The van der Waals surface area contributed by atoms with Crippen LogP contribution in [0.4, 0.5) is 0 Å². The van der Waals surface area contributed by atoms with Crippen molar-refractivity contribution in [3.05, 3.63) is 16.4 Å². The third-order valence-electron chi connectivity index (χ3n) is 4.34. The van der Waals surface area contributed by atoms with Crippen LogP contribution >= 0.6 is 15.9 Å². The van der Waals surface area contributed by atoms with Crippen LogP contribution in [0.2, 0.25) is 0 Å². The second-order valence-corrected chi connectivity index (χ2v) is 6.87. The van der Waals surface area contributed by atoms with Crippen molar-refractivity contribution in [2.24, 2.45) is 5.92 Å². The summed E-state index contributed by atoms with van der Waals surface area (Å²) in [6.07, 6.45) is 5.71. The average Bonchev–Trinajstić information content (AvgIpc) is 2.90. The first-order valence-electron chi connectivity index (χ1n) is 7.52. The lowest BCUT2D eigenvalue weighted by molar-refractivity contribution is 0.384. The van der Waals surface area contributed by atoms with Gasteiger partial charge in [0.2, 0.25) is 0 Å². The van der Waals surface area contributed by atoms with E-state index in [0.29, 0.717) is 23.9 Å². The maximum Gasteiger partial charge on any atom is 0.0635 e. The molecule has 1 fully saturated rings. The number of halogens is 1. The first kappa shape index (κ1) is 15.0. The van der Waals surface area contributed by atoms with E-state index in [0.717, 1.165) is 6.54 Å². The third kappa shape index (κ3) is 3.05. The van der Waals surface area contributed by atoms with Gasteiger partial charge in [-0.2, -0.15) is 5.10 Å².